The molecule has 14 heavy (non-hydrogen) atoms. The summed E-state index contributed by atoms with van der Waals surface area (Å²) in [6.07, 6.45) is 3.77. The van der Waals surface area contributed by atoms with Crippen LogP contribution in [0.4, 0.5) is 5.69 Å². The lowest BCUT2D eigenvalue weighted by Gasteiger charge is -2.02. The van der Waals surface area contributed by atoms with Crippen molar-refractivity contribution < 1.29 is 4.74 Å². The summed E-state index contributed by atoms with van der Waals surface area (Å²) in [4.78, 5) is 7.86. The number of unbranched alkanes of at least 4 members (excludes halogenated alkanes) is 1. The summed E-state index contributed by atoms with van der Waals surface area (Å²) in [6, 6.07) is 3.58. The van der Waals surface area contributed by atoms with Crippen molar-refractivity contribution in [3.05, 3.63) is 18.3 Å². The Hall–Kier alpha value is -1.25. The van der Waals surface area contributed by atoms with Gasteiger partial charge in [-0.1, -0.05) is 13.3 Å². The number of ether oxygens (including phenoxy) is 1. The minimum absolute atomic E-state index is 0.627. The van der Waals surface area contributed by atoms with E-state index in [-0.39, 0.29) is 0 Å². The Labute approximate surface area is 88.8 Å². The first-order valence-electron chi connectivity index (χ1n) is 4.53. The smallest absolute Gasteiger partial charge is 0.213 e. The van der Waals surface area contributed by atoms with Gasteiger partial charge in [0, 0.05) is 6.07 Å². The summed E-state index contributed by atoms with van der Waals surface area (Å²) < 4.78 is 5.38. The first-order valence-corrected chi connectivity index (χ1v) is 4.94. The second-order valence-corrected chi connectivity index (χ2v) is 2.94. The van der Waals surface area contributed by atoms with Gasteiger partial charge in [0.25, 0.3) is 0 Å². The maximum absolute atomic E-state index is 5.38. The third kappa shape index (κ3) is 3.64. The van der Waals surface area contributed by atoms with Gasteiger partial charge in [0.1, 0.15) is 0 Å². The minimum atomic E-state index is 0.627. The molecule has 1 rings (SSSR count). The largest absolute Gasteiger partial charge is 0.478 e. The highest BCUT2D eigenvalue weighted by Crippen LogP contribution is 2.13. The second-order valence-electron chi connectivity index (χ2n) is 2.76. The molecule has 0 aromatic carbocycles. The van der Waals surface area contributed by atoms with E-state index in [4.69, 9.17) is 4.74 Å². The Morgan fingerprint density at radius 1 is 1.57 bits per heavy atom. The van der Waals surface area contributed by atoms with Crippen molar-refractivity contribution in [2.45, 2.75) is 19.8 Å². The van der Waals surface area contributed by atoms with Gasteiger partial charge in [-0.2, -0.15) is 4.99 Å². The Kier molecular flexibility index (Phi) is 4.83. The summed E-state index contributed by atoms with van der Waals surface area (Å²) in [5, 5.41) is 2.28. The molecule has 0 unspecified atom stereocenters. The van der Waals surface area contributed by atoms with E-state index in [0.717, 1.165) is 12.8 Å². The molecule has 0 saturated heterocycles. The van der Waals surface area contributed by atoms with E-state index >= 15 is 0 Å². The van der Waals surface area contributed by atoms with Gasteiger partial charge in [-0.05, 0) is 24.7 Å². The predicted octanol–water partition coefficient (Wildman–Crippen LogP) is 2.99. The topological polar surface area (TPSA) is 34.5 Å². The van der Waals surface area contributed by atoms with Crippen LogP contribution in [-0.4, -0.2) is 16.8 Å². The molecule has 0 aliphatic rings. The molecular formula is C10H12N2OS. The zero-order chi connectivity index (χ0) is 10.2. The van der Waals surface area contributed by atoms with Crippen molar-refractivity contribution in [2.75, 3.05) is 6.61 Å². The highest BCUT2D eigenvalue weighted by Gasteiger charge is 1.94. The number of hydrogen-bond donors (Lipinski definition) is 0. The van der Waals surface area contributed by atoms with E-state index in [0.29, 0.717) is 18.2 Å². The summed E-state index contributed by atoms with van der Waals surface area (Å²) in [6.45, 7) is 2.83. The molecule has 0 spiro atoms. The Balaban J connectivity index is 2.50. The maximum Gasteiger partial charge on any atom is 0.213 e. The van der Waals surface area contributed by atoms with Crippen molar-refractivity contribution >= 4 is 23.1 Å². The first kappa shape index (κ1) is 10.8. The normalized spacial score (nSPS) is 9.21. The van der Waals surface area contributed by atoms with Crippen molar-refractivity contribution in [1.82, 2.24) is 4.98 Å². The standard InChI is InChI=1S/C10H12N2OS/c1-2-3-6-13-10-5-4-9(7-11-10)12-8-14/h4-5,7H,2-3,6H2,1H3. The molecule has 0 aliphatic carbocycles. The fourth-order valence-electron chi connectivity index (χ4n) is 0.898. The quantitative estimate of drug-likeness (QED) is 0.424. The van der Waals surface area contributed by atoms with Gasteiger partial charge in [0.2, 0.25) is 5.88 Å². The van der Waals surface area contributed by atoms with Crippen molar-refractivity contribution in [3.8, 4) is 5.88 Å². The molecule has 0 atom stereocenters. The van der Waals surface area contributed by atoms with Crippen LogP contribution in [0, 0.1) is 0 Å². The van der Waals surface area contributed by atoms with Crippen LogP contribution < -0.4 is 4.74 Å². The average molecular weight is 208 g/mol. The van der Waals surface area contributed by atoms with Crippen LogP contribution in [0.3, 0.4) is 0 Å². The van der Waals surface area contributed by atoms with Crippen molar-refractivity contribution in [2.24, 2.45) is 4.99 Å². The van der Waals surface area contributed by atoms with Crippen LogP contribution in [0.5, 0.6) is 5.88 Å². The summed E-state index contributed by atoms with van der Waals surface area (Å²) in [5.74, 6) is 0.627. The number of nitrogens with zero attached hydrogens (tertiary/aromatic N) is 2. The second kappa shape index (κ2) is 6.24. The Morgan fingerprint density at radius 2 is 2.43 bits per heavy atom. The molecule has 0 N–H and O–H groups in total. The molecule has 0 aliphatic heterocycles. The Bertz CT molecular complexity index is 317. The van der Waals surface area contributed by atoms with Crippen molar-refractivity contribution in [3.63, 3.8) is 0 Å². The molecule has 0 radical (unpaired) electrons. The monoisotopic (exact) mass is 208 g/mol. The van der Waals surface area contributed by atoms with Gasteiger partial charge in [-0.3, -0.25) is 0 Å². The Morgan fingerprint density at radius 3 is 3.00 bits per heavy atom. The van der Waals surface area contributed by atoms with E-state index in [1.807, 2.05) is 0 Å². The molecule has 0 amide bonds. The highest BCUT2D eigenvalue weighted by atomic mass is 32.1. The molecular weight excluding hydrogens is 196 g/mol. The maximum atomic E-state index is 5.38. The van der Waals surface area contributed by atoms with Crippen LogP contribution >= 0.6 is 12.2 Å². The molecule has 0 saturated carbocycles. The molecule has 1 aromatic heterocycles. The van der Waals surface area contributed by atoms with E-state index in [2.05, 4.69) is 34.3 Å². The van der Waals surface area contributed by atoms with E-state index < -0.39 is 0 Å². The lowest BCUT2D eigenvalue weighted by Crippen LogP contribution is -1.97. The molecule has 1 heterocycles. The van der Waals surface area contributed by atoms with Crippen LogP contribution in [0.25, 0.3) is 0 Å². The van der Waals surface area contributed by atoms with Crippen LogP contribution in [0.2, 0.25) is 0 Å². The van der Waals surface area contributed by atoms with Crippen molar-refractivity contribution in [1.29, 1.82) is 0 Å². The number of hydrogen-bond acceptors (Lipinski definition) is 4. The molecule has 0 fully saturated rings. The average Bonchev–Trinajstić information content (AvgIpc) is 2.21. The van der Waals surface area contributed by atoms with Gasteiger partial charge >= 0.3 is 0 Å². The third-order valence-corrected chi connectivity index (χ3v) is 1.73. The minimum Gasteiger partial charge on any atom is -0.478 e. The van der Waals surface area contributed by atoms with Crippen LogP contribution in [0.1, 0.15) is 19.8 Å². The summed E-state index contributed by atoms with van der Waals surface area (Å²) in [5.41, 5.74) is 0.697. The SMILES string of the molecule is CCCCOc1ccc(N=C=S)cn1. The van der Waals surface area contributed by atoms with Gasteiger partial charge < -0.3 is 4.74 Å². The van der Waals surface area contributed by atoms with Crippen LogP contribution in [0.15, 0.2) is 23.3 Å². The fourth-order valence-corrected chi connectivity index (χ4v) is 1.00. The lowest BCUT2D eigenvalue weighted by atomic mass is 10.4. The van der Waals surface area contributed by atoms with E-state index in [9.17, 15) is 0 Å². The number of aromatic nitrogens is 1. The molecule has 74 valence electrons. The van der Waals surface area contributed by atoms with Gasteiger partial charge in [0.15, 0.2) is 0 Å². The zero-order valence-electron chi connectivity index (χ0n) is 8.06. The third-order valence-electron chi connectivity index (χ3n) is 1.64. The molecule has 1 aromatic rings. The number of pyridine rings is 1. The first-order chi connectivity index (χ1) is 6.86. The van der Waals surface area contributed by atoms with Gasteiger partial charge in [-0.25, -0.2) is 4.98 Å². The van der Waals surface area contributed by atoms with E-state index in [1.54, 1.807) is 18.3 Å². The number of thiocarbonyl (C=S) groups is 1. The number of aliphatic imine (C=N–C) groups is 1. The van der Waals surface area contributed by atoms with E-state index in [1.165, 1.54) is 0 Å². The van der Waals surface area contributed by atoms with Gasteiger partial charge in [-0.15, -0.1) is 0 Å². The van der Waals surface area contributed by atoms with Gasteiger partial charge in [0.05, 0.1) is 23.7 Å². The predicted molar refractivity (Wildman–Crippen MR) is 59.3 cm³/mol. The summed E-state index contributed by atoms with van der Waals surface area (Å²) >= 11 is 4.48. The fraction of sp³-hybridized carbons (Fsp3) is 0.400. The zero-order valence-corrected chi connectivity index (χ0v) is 8.88. The number of rotatable bonds is 5. The molecule has 0 bridgehead atoms. The molecule has 3 nitrogen and oxygen atoms in total. The lowest BCUT2D eigenvalue weighted by molar-refractivity contribution is 0.298. The number of isothiocyanates is 1. The molecule has 4 heteroatoms. The highest BCUT2D eigenvalue weighted by molar-refractivity contribution is 7.78. The summed E-state index contributed by atoms with van der Waals surface area (Å²) in [7, 11) is 0. The van der Waals surface area contributed by atoms with Crippen LogP contribution in [-0.2, 0) is 0 Å².